The van der Waals surface area contributed by atoms with Crippen LogP contribution in [0.15, 0.2) is 65.7 Å². The zero-order valence-electron chi connectivity index (χ0n) is 32.3. The summed E-state index contributed by atoms with van der Waals surface area (Å²) in [4.78, 5) is 17.3. The maximum Gasteiger partial charge on any atom is 0.264 e. The lowest BCUT2D eigenvalue weighted by molar-refractivity contribution is 0.165. The van der Waals surface area contributed by atoms with E-state index in [1.165, 1.54) is 62.6 Å². The molecule has 0 radical (unpaired) electrons. The second-order valence-electron chi connectivity index (χ2n) is 17.0. The summed E-state index contributed by atoms with van der Waals surface area (Å²) in [6, 6.07) is 18.2. The van der Waals surface area contributed by atoms with Crippen molar-refractivity contribution in [3.05, 3.63) is 88.7 Å². The Labute approximate surface area is 317 Å². The fourth-order valence-electron chi connectivity index (χ4n) is 8.91. The molecular weight excluding hydrogens is 679 g/mol. The third-order valence-electron chi connectivity index (χ3n) is 11.6. The smallest absolute Gasteiger partial charge is 0.264 e. The van der Waals surface area contributed by atoms with E-state index in [2.05, 4.69) is 73.7 Å². The first kappa shape index (κ1) is 37.3. The summed E-state index contributed by atoms with van der Waals surface area (Å²) in [5.74, 6) is 1.09. The average molecular weight is 736 g/mol. The van der Waals surface area contributed by atoms with Gasteiger partial charge in [-0.25, -0.2) is 18.1 Å². The van der Waals surface area contributed by atoms with Gasteiger partial charge < -0.3 is 9.64 Å². The van der Waals surface area contributed by atoms with Gasteiger partial charge in [-0.05, 0) is 111 Å². The summed E-state index contributed by atoms with van der Waals surface area (Å²) in [6.45, 7) is 13.5. The zero-order chi connectivity index (χ0) is 37.2. The number of pyridine rings is 1. The van der Waals surface area contributed by atoms with E-state index in [0.717, 1.165) is 59.6 Å². The number of nitrogens with zero attached hydrogens (tertiary/aromatic N) is 4. The highest BCUT2D eigenvalue weighted by molar-refractivity contribution is 7.92. The SMILES string of the molecule is Cc1cccc(CC2CCCCC2)c1-c1nc2nc(c1C)OC[C@@H](CC(C)(C)C)C(Cc1ccc(N3CCCCC3)cn1)c1cccc(c1)S(=O)(=O)N2. The summed E-state index contributed by atoms with van der Waals surface area (Å²) < 4.78 is 37.8. The van der Waals surface area contributed by atoms with Gasteiger partial charge in [0, 0.05) is 35.8 Å². The normalized spacial score (nSPS) is 20.8. The van der Waals surface area contributed by atoms with Crippen LogP contribution in [-0.2, 0) is 22.9 Å². The first-order chi connectivity index (χ1) is 25.4. The average Bonchev–Trinajstić information content (AvgIpc) is 3.14. The molecule has 4 heterocycles. The van der Waals surface area contributed by atoms with Crippen molar-refractivity contribution < 1.29 is 13.2 Å². The van der Waals surface area contributed by atoms with Crippen LogP contribution >= 0.6 is 0 Å². The molecule has 2 aliphatic heterocycles. The Morgan fingerprint density at radius 3 is 2.38 bits per heavy atom. The quantitative estimate of drug-likeness (QED) is 0.202. The van der Waals surface area contributed by atoms with Crippen molar-refractivity contribution in [2.24, 2.45) is 17.3 Å². The molecule has 2 fully saturated rings. The lowest BCUT2D eigenvalue weighted by Gasteiger charge is -2.33. The summed E-state index contributed by atoms with van der Waals surface area (Å²) >= 11 is 0. The van der Waals surface area contributed by atoms with Crippen LogP contribution in [0.1, 0.15) is 112 Å². The van der Waals surface area contributed by atoms with Crippen molar-refractivity contribution in [2.75, 3.05) is 29.3 Å². The number of piperidine rings is 1. The van der Waals surface area contributed by atoms with Crippen LogP contribution in [0, 0.1) is 31.1 Å². The minimum Gasteiger partial charge on any atom is -0.477 e. The number of rotatable bonds is 7. The van der Waals surface area contributed by atoms with E-state index in [1.807, 2.05) is 25.3 Å². The van der Waals surface area contributed by atoms with Crippen LogP contribution in [-0.4, -0.2) is 43.1 Å². The molecule has 4 aromatic rings. The number of aryl methyl sites for hydroxylation is 1. The Kier molecular flexibility index (Phi) is 11.1. The van der Waals surface area contributed by atoms with Crippen LogP contribution in [0.2, 0.25) is 0 Å². The second kappa shape index (κ2) is 15.8. The molecule has 2 atom stereocenters. The number of sulfonamides is 1. The number of fused-ring (bicyclic) bond motifs is 4. The van der Waals surface area contributed by atoms with Gasteiger partial charge in [0.25, 0.3) is 10.0 Å². The first-order valence-corrected chi connectivity index (χ1v) is 21.3. The van der Waals surface area contributed by atoms with Crippen molar-refractivity contribution in [1.82, 2.24) is 15.0 Å². The molecule has 1 saturated heterocycles. The Hall–Kier alpha value is -3.98. The summed E-state index contributed by atoms with van der Waals surface area (Å²) in [5.41, 5.74) is 8.07. The summed E-state index contributed by atoms with van der Waals surface area (Å²) in [7, 11) is -4.02. The number of aromatic nitrogens is 3. The molecule has 1 aliphatic carbocycles. The molecule has 0 spiro atoms. The van der Waals surface area contributed by atoms with Gasteiger partial charge in [0.15, 0.2) is 0 Å². The monoisotopic (exact) mass is 735 g/mol. The Bertz CT molecular complexity index is 1990. The minimum atomic E-state index is -4.02. The Morgan fingerprint density at radius 1 is 0.887 bits per heavy atom. The highest BCUT2D eigenvalue weighted by atomic mass is 32.2. The molecule has 1 saturated carbocycles. The van der Waals surface area contributed by atoms with Gasteiger partial charge in [-0.3, -0.25) is 4.98 Å². The maximum atomic E-state index is 14.1. The Balaban J connectivity index is 1.29. The van der Waals surface area contributed by atoms with Gasteiger partial charge in [-0.15, -0.1) is 0 Å². The fourth-order valence-corrected chi connectivity index (χ4v) is 9.90. The van der Waals surface area contributed by atoms with Gasteiger partial charge in [0.2, 0.25) is 11.8 Å². The minimum absolute atomic E-state index is 0.00760. The highest BCUT2D eigenvalue weighted by Gasteiger charge is 2.32. The van der Waals surface area contributed by atoms with Gasteiger partial charge in [0.1, 0.15) is 0 Å². The first-order valence-electron chi connectivity index (χ1n) is 19.9. The van der Waals surface area contributed by atoms with Crippen LogP contribution in [0.5, 0.6) is 5.88 Å². The van der Waals surface area contributed by atoms with E-state index in [4.69, 9.17) is 19.7 Å². The van der Waals surface area contributed by atoms with Gasteiger partial charge in [-0.1, -0.05) is 83.2 Å². The van der Waals surface area contributed by atoms with E-state index in [-0.39, 0.29) is 28.1 Å². The van der Waals surface area contributed by atoms with Crippen molar-refractivity contribution in [2.45, 2.75) is 116 Å². The second-order valence-corrected chi connectivity index (χ2v) is 18.7. The fraction of sp³-hybridized carbons (Fsp3) is 0.523. The molecule has 2 aromatic carbocycles. The molecule has 7 rings (SSSR count). The van der Waals surface area contributed by atoms with E-state index in [1.54, 1.807) is 6.07 Å². The molecule has 9 heteroatoms. The number of hydrogen-bond donors (Lipinski definition) is 1. The zero-order valence-corrected chi connectivity index (χ0v) is 33.1. The molecule has 8 nitrogen and oxygen atoms in total. The third-order valence-corrected chi connectivity index (χ3v) is 12.9. The predicted octanol–water partition coefficient (Wildman–Crippen LogP) is 9.84. The largest absolute Gasteiger partial charge is 0.477 e. The van der Waals surface area contributed by atoms with Gasteiger partial charge in [0.05, 0.1) is 29.1 Å². The summed E-state index contributed by atoms with van der Waals surface area (Å²) in [6.07, 6.45) is 14.6. The van der Waals surface area contributed by atoms with Gasteiger partial charge >= 0.3 is 0 Å². The van der Waals surface area contributed by atoms with E-state index in [0.29, 0.717) is 24.8 Å². The third kappa shape index (κ3) is 8.88. The summed E-state index contributed by atoms with van der Waals surface area (Å²) in [5, 5.41) is 0. The predicted molar refractivity (Wildman–Crippen MR) is 214 cm³/mol. The van der Waals surface area contributed by atoms with E-state index >= 15 is 0 Å². The van der Waals surface area contributed by atoms with Crippen molar-refractivity contribution >= 4 is 21.7 Å². The van der Waals surface area contributed by atoms with Crippen molar-refractivity contribution in [1.29, 1.82) is 0 Å². The molecule has 3 aliphatic rings. The van der Waals surface area contributed by atoms with Gasteiger partial charge in [-0.2, -0.15) is 4.98 Å². The Morgan fingerprint density at radius 2 is 1.64 bits per heavy atom. The number of ether oxygens (including phenoxy) is 1. The molecule has 4 bridgehead atoms. The highest BCUT2D eigenvalue weighted by Crippen LogP contribution is 2.41. The number of hydrogen-bond acceptors (Lipinski definition) is 7. The molecule has 0 amide bonds. The lowest BCUT2D eigenvalue weighted by atomic mass is 9.74. The number of anilines is 2. The molecule has 53 heavy (non-hydrogen) atoms. The number of benzene rings is 2. The lowest BCUT2D eigenvalue weighted by Crippen LogP contribution is -2.29. The topological polar surface area (TPSA) is 97.3 Å². The molecule has 282 valence electrons. The van der Waals surface area contributed by atoms with Crippen molar-refractivity contribution in [3.8, 4) is 17.1 Å². The standard InChI is InChI=1S/C44H57N5O3S/c1-30-14-12-18-34(24-32-15-8-6-9-16-32)40(30)41-31(2)42-47-43(46-41)48-53(50,51)38-19-13-17-33(25-38)39(35(29-52-42)27-44(3,4)5)26-36-20-21-37(28-45-36)49-22-10-7-11-23-49/h12-14,17-21,25,28,32,35,39H,6-11,15-16,22-24,26-27,29H2,1-5H3,(H,46,47,48)/t35-,39?/m1/s1. The van der Waals surface area contributed by atoms with Crippen LogP contribution in [0.25, 0.3) is 11.3 Å². The van der Waals surface area contributed by atoms with Crippen LogP contribution in [0.3, 0.4) is 0 Å². The van der Waals surface area contributed by atoms with Crippen LogP contribution < -0.4 is 14.4 Å². The van der Waals surface area contributed by atoms with E-state index < -0.39 is 10.0 Å². The molecule has 2 aromatic heterocycles. The number of nitrogens with one attached hydrogen (secondary N) is 1. The molecule has 1 N–H and O–H groups in total. The maximum absolute atomic E-state index is 14.1. The van der Waals surface area contributed by atoms with Crippen LogP contribution in [0.4, 0.5) is 11.6 Å². The molecular formula is C44H57N5O3S. The van der Waals surface area contributed by atoms with Crippen molar-refractivity contribution in [3.63, 3.8) is 0 Å². The molecule has 1 unspecified atom stereocenters. The van der Waals surface area contributed by atoms with E-state index in [9.17, 15) is 8.42 Å².